The van der Waals surface area contributed by atoms with Crippen LogP contribution in [0.1, 0.15) is 58.1 Å². The average Bonchev–Trinajstić information content (AvgIpc) is 3.53. The molecule has 0 aliphatic carbocycles. The Morgan fingerprint density at radius 1 is 1.21 bits per heavy atom. The molecule has 1 fully saturated rings. The minimum absolute atomic E-state index is 0.00182. The predicted molar refractivity (Wildman–Crippen MR) is 183 cm³/mol. The number of likely N-dealkylation sites (N-methyl/N-ethyl adjacent to an activating group) is 1. The lowest BCUT2D eigenvalue weighted by Gasteiger charge is -2.37. The first-order valence-corrected chi connectivity index (χ1v) is 16.5. The van der Waals surface area contributed by atoms with E-state index in [9.17, 15) is 15.2 Å². The van der Waals surface area contributed by atoms with Crippen molar-refractivity contribution in [1.29, 1.82) is 5.26 Å². The SMILES string of the molecule is CN(C)C[C@H](O)COC(C)(C)Cn1ccc(NC(=O)[C@H]2N[C@H](CC(C)(C)C)[C@@](C#N)(c3ccc(Cl)cc3F)[C@@H]2c2cccc(Cl)c2F)n1. The van der Waals surface area contributed by atoms with Crippen LogP contribution in [0.15, 0.2) is 48.7 Å². The van der Waals surface area contributed by atoms with E-state index in [1.165, 1.54) is 30.3 Å². The van der Waals surface area contributed by atoms with Crippen LogP contribution in [0.4, 0.5) is 14.6 Å². The van der Waals surface area contributed by atoms with Crippen LogP contribution in [-0.2, 0) is 21.5 Å². The Kier molecular flexibility index (Phi) is 11.6. The number of aliphatic hydroxyl groups excluding tert-OH is 1. The third-order valence-corrected chi connectivity index (χ3v) is 8.94. The Bertz CT molecular complexity index is 1650. The maximum atomic E-state index is 15.9. The summed E-state index contributed by atoms with van der Waals surface area (Å²) in [4.78, 5) is 16.0. The molecule has 260 valence electrons. The minimum atomic E-state index is -1.74. The van der Waals surface area contributed by atoms with Crippen molar-refractivity contribution in [3.63, 3.8) is 0 Å². The van der Waals surface area contributed by atoms with Gasteiger partial charge < -0.3 is 25.4 Å². The van der Waals surface area contributed by atoms with Gasteiger partial charge in [-0.15, -0.1) is 0 Å². The van der Waals surface area contributed by atoms with Gasteiger partial charge in [-0.1, -0.05) is 62.2 Å². The Morgan fingerprint density at radius 3 is 2.54 bits per heavy atom. The molecule has 48 heavy (non-hydrogen) atoms. The molecule has 5 atom stereocenters. The quantitative estimate of drug-likeness (QED) is 0.207. The molecule has 4 rings (SSSR count). The van der Waals surface area contributed by atoms with Gasteiger partial charge >= 0.3 is 0 Å². The molecule has 3 N–H and O–H groups in total. The average molecular weight is 706 g/mol. The molecule has 1 aliphatic heterocycles. The molecule has 0 bridgehead atoms. The van der Waals surface area contributed by atoms with Gasteiger partial charge in [-0.2, -0.15) is 10.4 Å². The minimum Gasteiger partial charge on any atom is -0.389 e. The Balaban J connectivity index is 1.71. The first-order valence-electron chi connectivity index (χ1n) is 15.7. The smallest absolute Gasteiger partial charge is 0.243 e. The van der Waals surface area contributed by atoms with Crippen molar-refractivity contribution in [1.82, 2.24) is 20.0 Å². The van der Waals surface area contributed by atoms with Crippen molar-refractivity contribution in [2.45, 2.75) is 82.7 Å². The molecule has 1 saturated heterocycles. The van der Waals surface area contributed by atoms with E-state index < -0.39 is 52.7 Å². The van der Waals surface area contributed by atoms with Crippen molar-refractivity contribution >= 4 is 34.9 Å². The molecule has 0 unspecified atom stereocenters. The zero-order chi connectivity index (χ0) is 35.6. The number of aliphatic hydroxyl groups is 1. The van der Waals surface area contributed by atoms with Crippen LogP contribution in [-0.4, -0.2) is 76.7 Å². The summed E-state index contributed by atoms with van der Waals surface area (Å²) < 4.78 is 39.3. The molecule has 9 nitrogen and oxygen atoms in total. The molecule has 0 saturated carbocycles. The second kappa shape index (κ2) is 14.8. The largest absolute Gasteiger partial charge is 0.389 e. The summed E-state index contributed by atoms with van der Waals surface area (Å²) in [6.45, 7) is 10.6. The third kappa shape index (κ3) is 8.54. The first kappa shape index (κ1) is 37.7. The van der Waals surface area contributed by atoms with Crippen LogP contribution in [0.5, 0.6) is 0 Å². The number of halogens is 4. The van der Waals surface area contributed by atoms with Gasteiger partial charge in [0.05, 0.1) is 42.0 Å². The fourth-order valence-electron chi connectivity index (χ4n) is 6.51. The second-order valence-electron chi connectivity index (χ2n) is 14.6. The Morgan fingerprint density at radius 2 is 1.92 bits per heavy atom. The van der Waals surface area contributed by atoms with E-state index in [1.54, 1.807) is 16.9 Å². The van der Waals surface area contributed by atoms with Gasteiger partial charge in [-0.05, 0) is 63.5 Å². The fraction of sp³-hybridized carbons (Fsp3) is 0.514. The van der Waals surface area contributed by atoms with Gasteiger partial charge in [-0.3, -0.25) is 9.48 Å². The highest BCUT2D eigenvalue weighted by atomic mass is 35.5. The molecule has 1 amide bonds. The van der Waals surface area contributed by atoms with Crippen molar-refractivity contribution in [3.8, 4) is 6.07 Å². The molecule has 1 aromatic heterocycles. The zero-order valence-corrected chi connectivity index (χ0v) is 29.8. The summed E-state index contributed by atoms with van der Waals surface area (Å²) >= 11 is 12.3. The topological polar surface area (TPSA) is 115 Å². The van der Waals surface area contributed by atoms with Crippen LogP contribution in [0.2, 0.25) is 10.0 Å². The number of carbonyl (C=O) groups excluding carboxylic acids is 1. The molecule has 13 heteroatoms. The number of carbonyl (C=O) groups is 1. The van der Waals surface area contributed by atoms with Crippen molar-refractivity contribution < 1.29 is 23.4 Å². The van der Waals surface area contributed by atoms with Gasteiger partial charge in [-0.25, -0.2) is 8.78 Å². The summed E-state index contributed by atoms with van der Waals surface area (Å²) in [5, 5.41) is 31.8. The number of nitriles is 1. The van der Waals surface area contributed by atoms with Gasteiger partial charge in [0, 0.05) is 41.4 Å². The van der Waals surface area contributed by atoms with E-state index in [1.807, 2.05) is 53.6 Å². The van der Waals surface area contributed by atoms with Gasteiger partial charge in [0.25, 0.3) is 0 Å². The van der Waals surface area contributed by atoms with Crippen LogP contribution >= 0.6 is 23.2 Å². The van der Waals surface area contributed by atoms with E-state index in [4.69, 9.17) is 27.9 Å². The van der Waals surface area contributed by atoms with E-state index in [2.05, 4.69) is 21.8 Å². The number of ether oxygens (including phenoxy) is 1. The molecule has 3 aromatic rings. The maximum absolute atomic E-state index is 15.9. The third-order valence-electron chi connectivity index (χ3n) is 8.41. The molecule has 2 aromatic carbocycles. The second-order valence-corrected chi connectivity index (χ2v) is 15.4. The van der Waals surface area contributed by atoms with Crippen LogP contribution in [0, 0.1) is 28.4 Å². The Labute approximate surface area is 291 Å². The van der Waals surface area contributed by atoms with Crippen LogP contribution < -0.4 is 10.6 Å². The van der Waals surface area contributed by atoms with Crippen molar-refractivity contribution in [2.24, 2.45) is 5.41 Å². The number of benzene rings is 2. The number of hydrogen-bond acceptors (Lipinski definition) is 7. The predicted octanol–water partition coefficient (Wildman–Crippen LogP) is 6.15. The number of hydrogen-bond donors (Lipinski definition) is 3. The molecular formula is C35H44Cl2F2N6O3. The number of rotatable bonds is 12. The fourth-order valence-corrected chi connectivity index (χ4v) is 6.85. The lowest BCUT2D eigenvalue weighted by atomic mass is 9.62. The van der Waals surface area contributed by atoms with Gasteiger partial charge in [0.2, 0.25) is 5.91 Å². The van der Waals surface area contributed by atoms with Crippen molar-refractivity contribution in [3.05, 3.63) is 81.5 Å². The normalized spacial score (nSPS) is 22.1. The molecule has 1 aliphatic rings. The highest BCUT2D eigenvalue weighted by Crippen LogP contribution is 2.52. The summed E-state index contributed by atoms with van der Waals surface area (Å²) in [6, 6.07) is 10.4. The van der Waals surface area contributed by atoms with E-state index in [0.29, 0.717) is 19.5 Å². The van der Waals surface area contributed by atoms with Crippen LogP contribution in [0.3, 0.4) is 0 Å². The van der Waals surface area contributed by atoms with Gasteiger partial charge in [0.1, 0.15) is 17.0 Å². The molecule has 0 spiro atoms. The monoisotopic (exact) mass is 704 g/mol. The maximum Gasteiger partial charge on any atom is 0.243 e. The van der Waals surface area contributed by atoms with Crippen molar-refractivity contribution in [2.75, 3.05) is 32.6 Å². The summed E-state index contributed by atoms with van der Waals surface area (Å²) in [5.41, 5.74) is -2.81. The number of anilines is 1. The lowest BCUT2D eigenvalue weighted by Crippen LogP contribution is -2.45. The summed E-state index contributed by atoms with van der Waals surface area (Å²) in [6.07, 6.45) is 1.36. The molecular weight excluding hydrogens is 661 g/mol. The first-order chi connectivity index (χ1) is 22.4. The number of nitrogens with one attached hydrogen (secondary N) is 2. The molecule has 2 heterocycles. The van der Waals surface area contributed by atoms with E-state index in [-0.39, 0.29) is 39.0 Å². The highest BCUT2D eigenvalue weighted by Gasteiger charge is 2.61. The number of amides is 1. The highest BCUT2D eigenvalue weighted by molar-refractivity contribution is 6.31. The molecule has 0 radical (unpaired) electrons. The van der Waals surface area contributed by atoms with Crippen LogP contribution in [0.25, 0.3) is 0 Å². The number of nitrogens with zero attached hydrogens (tertiary/aromatic N) is 4. The Hall–Kier alpha value is -3.11. The number of aromatic nitrogens is 2. The summed E-state index contributed by atoms with van der Waals surface area (Å²) in [7, 11) is 3.73. The standard InChI is InChI=1S/C35H44Cl2F2N6O3/c1-33(2,3)16-27-35(19-40,24-12-11-21(36)15-26(24)38)29(23-9-8-10-25(37)30(23)39)31(41-27)32(47)42-28-13-14-45(43-28)20-34(4,5)48-18-22(46)17-44(6)7/h8-15,22,27,29,31,41,46H,16-18,20H2,1-7H3,(H,42,43,47)/t22-,27+,29+,31-,35+/m0/s1. The van der Waals surface area contributed by atoms with E-state index in [0.717, 1.165) is 6.07 Å². The summed E-state index contributed by atoms with van der Waals surface area (Å²) in [5.74, 6) is -3.10. The lowest BCUT2D eigenvalue weighted by molar-refractivity contribution is -0.118. The van der Waals surface area contributed by atoms with Gasteiger partial charge in [0.15, 0.2) is 5.82 Å². The van der Waals surface area contributed by atoms with E-state index >= 15 is 8.78 Å². The zero-order valence-electron chi connectivity index (χ0n) is 28.3.